The van der Waals surface area contributed by atoms with Crippen LogP contribution in [-0.2, 0) is 11.7 Å². The zero-order valence-electron chi connectivity index (χ0n) is 18.0. The minimum Gasteiger partial charge on any atom is -0.493 e. The number of halogens is 5. The van der Waals surface area contributed by atoms with Gasteiger partial charge in [-0.15, -0.1) is 10.2 Å². The number of hydrogen-bond donors (Lipinski definition) is 2. The van der Waals surface area contributed by atoms with Crippen LogP contribution >= 0.6 is 11.3 Å². The second kappa shape index (κ2) is 10.6. The van der Waals surface area contributed by atoms with Crippen molar-refractivity contribution in [2.45, 2.75) is 31.5 Å². The second-order valence-electron chi connectivity index (χ2n) is 7.65. The van der Waals surface area contributed by atoms with E-state index in [1.165, 1.54) is 31.2 Å². The third-order valence-corrected chi connectivity index (χ3v) is 6.00. The Labute approximate surface area is 196 Å². The van der Waals surface area contributed by atoms with Crippen LogP contribution in [-0.4, -0.2) is 35.1 Å². The Balaban J connectivity index is 1.62. The molecule has 2 aromatic carbocycles. The van der Waals surface area contributed by atoms with Gasteiger partial charge in [-0.1, -0.05) is 17.4 Å². The first-order valence-electron chi connectivity index (χ1n) is 10.2. The highest BCUT2D eigenvalue weighted by atomic mass is 32.1. The lowest BCUT2D eigenvalue weighted by Crippen LogP contribution is -2.36. The molecule has 1 unspecified atom stereocenters. The van der Waals surface area contributed by atoms with Crippen molar-refractivity contribution in [2.75, 3.05) is 19.8 Å². The molecule has 0 saturated carbocycles. The van der Waals surface area contributed by atoms with Gasteiger partial charge in [-0.05, 0) is 50.1 Å². The van der Waals surface area contributed by atoms with Gasteiger partial charge in [0.05, 0.1) is 30.9 Å². The number of aromatic nitrogens is 2. The Kier molecular flexibility index (Phi) is 8.05. The zero-order chi connectivity index (χ0) is 24.9. The summed E-state index contributed by atoms with van der Waals surface area (Å²) in [6.45, 7) is 1.14. The number of alkyl halides is 3. The average molecular weight is 503 g/mol. The molecule has 3 N–H and O–H groups in total. The molecule has 1 heterocycles. The first kappa shape index (κ1) is 25.8. The van der Waals surface area contributed by atoms with E-state index in [-0.39, 0.29) is 35.3 Å². The van der Waals surface area contributed by atoms with E-state index in [1.807, 2.05) is 0 Å². The Bertz CT molecular complexity index is 1120. The predicted octanol–water partition coefficient (Wildman–Crippen LogP) is 4.91. The van der Waals surface area contributed by atoms with Gasteiger partial charge in [0.1, 0.15) is 15.8 Å². The average Bonchev–Trinajstić information content (AvgIpc) is 3.29. The van der Waals surface area contributed by atoms with Gasteiger partial charge < -0.3 is 20.3 Å². The molecule has 0 saturated heterocycles. The van der Waals surface area contributed by atoms with Crippen LogP contribution in [0.5, 0.6) is 11.5 Å². The van der Waals surface area contributed by atoms with Crippen molar-refractivity contribution in [3.63, 3.8) is 0 Å². The van der Waals surface area contributed by atoms with E-state index >= 15 is 0 Å². The van der Waals surface area contributed by atoms with Crippen LogP contribution in [0.3, 0.4) is 0 Å². The number of unbranched alkanes of at least 4 members (excludes halogenated alkanes) is 1. The van der Waals surface area contributed by atoms with Crippen LogP contribution in [0.4, 0.5) is 22.0 Å². The Morgan fingerprint density at radius 3 is 2.32 bits per heavy atom. The summed E-state index contributed by atoms with van der Waals surface area (Å²) in [5, 5.41) is 17.6. The maximum Gasteiger partial charge on any atom is 0.419 e. The van der Waals surface area contributed by atoms with Gasteiger partial charge in [-0.3, -0.25) is 0 Å². The summed E-state index contributed by atoms with van der Waals surface area (Å²) in [5.41, 5.74) is 3.95. The van der Waals surface area contributed by atoms with E-state index in [0.717, 1.165) is 23.5 Å². The number of benzene rings is 2. The molecule has 3 rings (SSSR count). The largest absolute Gasteiger partial charge is 0.493 e. The van der Waals surface area contributed by atoms with Gasteiger partial charge >= 0.3 is 6.18 Å². The Morgan fingerprint density at radius 1 is 1.00 bits per heavy atom. The second-order valence-corrected chi connectivity index (χ2v) is 8.63. The number of nitrogens with zero attached hydrogens (tertiary/aromatic N) is 2. The summed E-state index contributed by atoms with van der Waals surface area (Å²) in [5.74, 6) is -2.70. The van der Waals surface area contributed by atoms with Gasteiger partial charge in [-0.2, -0.15) is 17.6 Å². The molecule has 1 aromatic heterocycles. The number of aliphatic hydroxyl groups is 1. The van der Waals surface area contributed by atoms with Crippen molar-refractivity contribution in [1.82, 2.24) is 10.2 Å². The van der Waals surface area contributed by atoms with Gasteiger partial charge in [0, 0.05) is 5.56 Å². The van der Waals surface area contributed by atoms with Crippen LogP contribution in [0, 0.1) is 11.6 Å². The van der Waals surface area contributed by atoms with Crippen molar-refractivity contribution in [3.8, 4) is 22.1 Å². The van der Waals surface area contributed by atoms with Gasteiger partial charge in [0.25, 0.3) is 0 Å². The maximum absolute atomic E-state index is 13.6. The topological polar surface area (TPSA) is 90.5 Å². The molecular weight excluding hydrogens is 481 g/mol. The van der Waals surface area contributed by atoms with Crippen LogP contribution in [0.25, 0.3) is 10.6 Å². The molecule has 0 spiro atoms. The highest BCUT2D eigenvalue weighted by molar-refractivity contribution is 7.14. The standard InChI is InChI=1S/C22H22F5N3O3S/c1-21(28,12-31)20-30-29-19(34-20)13-7-8-16(14(11-13)22(25,26)27)32-9-2-3-10-33-17-6-4-5-15(23)18(17)24/h4-8,11,31H,2-3,9-10,12,28H2,1H3. The minimum absolute atomic E-state index is 0.0393. The van der Waals surface area contributed by atoms with Crippen molar-refractivity contribution < 1.29 is 36.5 Å². The first-order valence-corrected chi connectivity index (χ1v) is 11.0. The van der Waals surface area contributed by atoms with Crippen molar-refractivity contribution in [3.05, 3.63) is 58.6 Å². The first-order chi connectivity index (χ1) is 16.0. The summed E-state index contributed by atoms with van der Waals surface area (Å²) < 4.78 is 78.1. The summed E-state index contributed by atoms with van der Waals surface area (Å²) in [4.78, 5) is 0. The molecule has 0 aliphatic heterocycles. The molecule has 184 valence electrons. The molecule has 3 aromatic rings. The molecule has 34 heavy (non-hydrogen) atoms. The predicted molar refractivity (Wildman–Crippen MR) is 116 cm³/mol. The molecule has 0 aliphatic carbocycles. The van der Waals surface area contributed by atoms with Crippen LogP contribution in [0.2, 0.25) is 0 Å². The lowest BCUT2D eigenvalue weighted by atomic mass is 10.1. The summed E-state index contributed by atoms with van der Waals surface area (Å²) >= 11 is 0.990. The maximum atomic E-state index is 13.6. The fraction of sp³-hybridized carbons (Fsp3) is 0.364. The van der Waals surface area contributed by atoms with E-state index < -0.39 is 35.5 Å². The SMILES string of the molecule is CC(N)(CO)c1nnc(-c2ccc(OCCCCOc3cccc(F)c3F)c(C(F)(F)F)c2)s1. The normalized spacial score (nSPS) is 13.5. The fourth-order valence-corrected chi connectivity index (χ4v) is 3.70. The monoisotopic (exact) mass is 503 g/mol. The molecule has 0 radical (unpaired) electrons. The molecule has 0 fully saturated rings. The molecule has 0 amide bonds. The smallest absolute Gasteiger partial charge is 0.419 e. The van der Waals surface area contributed by atoms with Crippen LogP contribution < -0.4 is 15.2 Å². The number of hydrogen-bond acceptors (Lipinski definition) is 7. The number of aliphatic hydroxyl groups excluding tert-OH is 1. The van der Waals surface area contributed by atoms with Crippen molar-refractivity contribution in [1.29, 1.82) is 0 Å². The summed E-state index contributed by atoms with van der Waals surface area (Å²) in [7, 11) is 0. The van der Waals surface area contributed by atoms with Gasteiger partial charge in [-0.25, -0.2) is 4.39 Å². The highest BCUT2D eigenvalue weighted by Crippen LogP contribution is 2.40. The summed E-state index contributed by atoms with van der Waals surface area (Å²) in [6, 6.07) is 7.10. The molecular formula is C22H22F5N3O3S. The molecule has 12 heteroatoms. The lowest BCUT2D eigenvalue weighted by molar-refractivity contribution is -0.138. The van der Waals surface area contributed by atoms with E-state index in [1.54, 1.807) is 0 Å². The number of rotatable bonds is 10. The highest BCUT2D eigenvalue weighted by Gasteiger charge is 2.35. The third kappa shape index (κ3) is 6.19. The fourth-order valence-electron chi connectivity index (χ4n) is 2.81. The summed E-state index contributed by atoms with van der Waals surface area (Å²) in [6.07, 6.45) is -4.00. The van der Waals surface area contributed by atoms with Gasteiger partial charge in [0.2, 0.25) is 5.82 Å². The Hall–Kier alpha value is -2.83. The Morgan fingerprint density at radius 2 is 1.68 bits per heavy atom. The molecule has 0 aliphatic rings. The van der Waals surface area contributed by atoms with E-state index in [2.05, 4.69) is 10.2 Å². The van der Waals surface area contributed by atoms with Crippen LogP contribution in [0.15, 0.2) is 36.4 Å². The lowest BCUT2D eigenvalue weighted by Gasteiger charge is -2.17. The van der Waals surface area contributed by atoms with Crippen LogP contribution in [0.1, 0.15) is 30.3 Å². The molecule has 1 atom stereocenters. The zero-order valence-corrected chi connectivity index (χ0v) is 18.8. The molecule has 6 nitrogen and oxygen atoms in total. The van der Waals surface area contributed by atoms with E-state index in [9.17, 15) is 27.1 Å². The van der Waals surface area contributed by atoms with Gasteiger partial charge in [0.15, 0.2) is 11.6 Å². The van der Waals surface area contributed by atoms with E-state index in [4.69, 9.17) is 15.2 Å². The van der Waals surface area contributed by atoms with Crippen molar-refractivity contribution in [2.24, 2.45) is 5.73 Å². The van der Waals surface area contributed by atoms with E-state index in [0.29, 0.717) is 17.8 Å². The van der Waals surface area contributed by atoms with Crippen molar-refractivity contribution >= 4 is 11.3 Å². The molecule has 0 bridgehead atoms. The quantitative estimate of drug-likeness (QED) is 0.302. The number of ether oxygens (including phenoxy) is 2. The third-order valence-electron chi connectivity index (χ3n) is 4.74. The minimum atomic E-state index is -4.68. The number of nitrogens with two attached hydrogens (primary N) is 1.